The molecule has 0 saturated carbocycles. The molecule has 0 fully saturated rings. The van der Waals surface area contributed by atoms with Crippen molar-refractivity contribution in [2.75, 3.05) is 0 Å². The number of aryl methyl sites for hydroxylation is 1. The third-order valence-corrected chi connectivity index (χ3v) is 3.80. The molecule has 96 valence electrons. The Morgan fingerprint density at radius 2 is 2.00 bits per heavy atom. The first-order valence-electron chi connectivity index (χ1n) is 6.18. The molecule has 0 atom stereocenters. The van der Waals surface area contributed by atoms with Crippen molar-refractivity contribution in [1.82, 2.24) is 4.98 Å². The number of halogens is 1. The van der Waals surface area contributed by atoms with Crippen molar-refractivity contribution in [2.45, 2.75) is 13.5 Å². The minimum absolute atomic E-state index is 0.561. The van der Waals surface area contributed by atoms with Crippen molar-refractivity contribution in [1.29, 1.82) is 0 Å². The molecular formula is C16H14BrNO. The number of para-hydroxylation sites is 1. The molecule has 3 aromatic rings. The molecule has 0 radical (unpaired) electrons. The van der Waals surface area contributed by atoms with Gasteiger partial charge in [0.25, 0.3) is 0 Å². The van der Waals surface area contributed by atoms with E-state index in [2.05, 4.69) is 46.0 Å². The predicted octanol–water partition coefficient (Wildman–Crippen LogP) is 4.82. The summed E-state index contributed by atoms with van der Waals surface area (Å²) in [5.74, 6) is 0.865. The summed E-state index contributed by atoms with van der Waals surface area (Å²) in [5.41, 5.74) is 3.59. The van der Waals surface area contributed by atoms with E-state index in [0.717, 1.165) is 15.7 Å². The zero-order chi connectivity index (χ0) is 13.2. The fourth-order valence-electron chi connectivity index (χ4n) is 2.14. The average Bonchev–Trinajstić information content (AvgIpc) is 2.80. The summed E-state index contributed by atoms with van der Waals surface area (Å²) in [5, 5.41) is 1.22. The van der Waals surface area contributed by atoms with Crippen LogP contribution in [0.1, 0.15) is 11.1 Å². The molecule has 1 N–H and O–H groups in total. The minimum Gasteiger partial charge on any atom is -0.488 e. The topological polar surface area (TPSA) is 25.0 Å². The number of fused-ring (bicyclic) bond motifs is 1. The van der Waals surface area contributed by atoms with Gasteiger partial charge in [0.2, 0.25) is 0 Å². The summed E-state index contributed by atoms with van der Waals surface area (Å²) in [6.45, 7) is 2.66. The molecule has 1 heterocycles. The van der Waals surface area contributed by atoms with Gasteiger partial charge in [-0.15, -0.1) is 0 Å². The van der Waals surface area contributed by atoms with E-state index < -0.39 is 0 Å². The Bertz CT molecular complexity index is 718. The van der Waals surface area contributed by atoms with Crippen LogP contribution in [0, 0.1) is 6.92 Å². The number of H-pyrrole nitrogens is 1. The van der Waals surface area contributed by atoms with Gasteiger partial charge < -0.3 is 9.72 Å². The van der Waals surface area contributed by atoms with Crippen molar-refractivity contribution in [3.05, 3.63) is 64.3 Å². The van der Waals surface area contributed by atoms with Gasteiger partial charge in [0.15, 0.2) is 0 Å². The van der Waals surface area contributed by atoms with Crippen molar-refractivity contribution >= 4 is 26.8 Å². The second-order valence-corrected chi connectivity index (χ2v) is 5.44. The molecule has 0 aliphatic carbocycles. The summed E-state index contributed by atoms with van der Waals surface area (Å²) in [4.78, 5) is 3.29. The van der Waals surface area contributed by atoms with Gasteiger partial charge in [-0.3, -0.25) is 0 Å². The van der Waals surface area contributed by atoms with Crippen LogP contribution >= 0.6 is 15.9 Å². The second-order valence-electron chi connectivity index (χ2n) is 4.58. The molecule has 2 nitrogen and oxygen atoms in total. The molecule has 3 rings (SSSR count). The highest BCUT2D eigenvalue weighted by atomic mass is 79.9. The quantitative estimate of drug-likeness (QED) is 0.736. The van der Waals surface area contributed by atoms with Crippen LogP contribution < -0.4 is 4.74 Å². The Balaban J connectivity index is 1.84. The highest BCUT2D eigenvalue weighted by molar-refractivity contribution is 9.10. The molecule has 3 heteroatoms. The fourth-order valence-corrected chi connectivity index (χ4v) is 2.54. The Hall–Kier alpha value is -1.74. The zero-order valence-corrected chi connectivity index (χ0v) is 12.2. The first kappa shape index (κ1) is 12.3. The maximum Gasteiger partial charge on any atom is 0.133 e. The number of aromatic nitrogens is 1. The van der Waals surface area contributed by atoms with E-state index in [1.54, 1.807) is 0 Å². The standard InChI is InChI=1S/C16H14BrNO/c1-11-6-7-13-12(9-18-15(13)8-11)10-19-16-5-3-2-4-14(16)17/h2-9,18H,10H2,1H3. The Labute approximate surface area is 120 Å². The molecule has 0 spiro atoms. The molecule has 0 unspecified atom stereocenters. The zero-order valence-electron chi connectivity index (χ0n) is 10.6. The van der Waals surface area contributed by atoms with Crippen LogP contribution in [0.4, 0.5) is 0 Å². The lowest BCUT2D eigenvalue weighted by Crippen LogP contribution is -1.94. The first-order chi connectivity index (χ1) is 9.24. The maximum atomic E-state index is 5.85. The average molecular weight is 316 g/mol. The lowest BCUT2D eigenvalue weighted by atomic mass is 10.1. The van der Waals surface area contributed by atoms with Crippen LogP contribution in [-0.4, -0.2) is 4.98 Å². The summed E-state index contributed by atoms with van der Waals surface area (Å²) >= 11 is 3.49. The van der Waals surface area contributed by atoms with E-state index >= 15 is 0 Å². The SMILES string of the molecule is Cc1ccc2c(COc3ccccc3Br)c[nH]c2c1. The van der Waals surface area contributed by atoms with Gasteiger partial charge >= 0.3 is 0 Å². The van der Waals surface area contributed by atoms with Gasteiger partial charge in [0.05, 0.1) is 4.47 Å². The number of hydrogen-bond donors (Lipinski definition) is 1. The third kappa shape index (κ3) is 2.51. The van der Waals surface area contributed by atoms with Gasteiger partial charge in [-0.2, -0.15) is 0 Å². The molecular weight excluding hydrogens is 302 g/mol. The first-order valence-corrected chi connectivity index (χ1v) is 6.97. The van der Waals surface area contributed by atoms with Crippen molar-refractivity contribution in [3.8, 4) is 5.75 Å². The molecule has 0 saturated heterocycles. The molecule has 0 aliphatic rings. The van der Waals surface area contributed by atoms with Crippen LogP contribution in [0.2, 0.25) is 0 Å². The fraction of sp³-hybridized carbons (Fsp3) is 0.125. The summed E-state index contributed by atoms with van der Waals surface area (Å²) in [6, 6.07) is 14.3. The molecule has 1 aromatic heterocycles. The molecule has 0 amide bonds. The summed E-state index contributed by atoms with van der Waals surface area (Å²) < 4.78 is 6.83. The number of nitrogens with one attached hydrogen (secondary N) is 1. The largest absolute Gasteiger partial charge is 0.488 e. The van der Waals surface area contributed by atoms with Gasteiger partial charge in [-0.25, -0.2) is 0 Å². The van der Waals surface area contributed by atoms with Crippen molar-refractivity contribution < 1.29 is 4.74 Å². The molecule has 2 aromatic carbocycles. The number of rotatable bonds is 3. The normalized spacial score (nSPS) is 10.8. The predicted molar refractivity (Wildman–Crippen MR) is 81.5 cm³/mol. The Morgan fingerprint density at radius 1 is 1.16 bits per heavy atom. The van der Waals surface area contributed by atoms with E-state index in [4.69, 9.17) is 4.74 Å². The van der Waals surface area contributed by atoms with Crippen LogP contribution in [0.25, 0.3) is 10.9 Å². The van der Waals surface area contributed by atoms with Gasteiger partial charge in [-0.05, 0) is 46.6 Å². The number of aromatic amines is 1. The number of ether oxygens (including phenoxy) is 1. The highest BCUT2D eigenvalue weighted by Crippen LogP contribution is 2.26. The Kier molecular flexibility index (Phi) is 3.30. The molecule has 19 heavy (non-hydrogen) atoms. The highest BCUT2D eigenvalue weighted by Gasteiger charge is 2.05. The smallest absolute Gasteiger partial charge is 0.133 e. The molecule has 0 aliphatic heterocycles. The van der Waals surface area contributed by atoms with E-state index in [9.17, 15) is 0 Å². The third-order valence-electron chi connectivity index (χ3n) is 3.14. The van der Waals surface area contributed by atoms with E-state index in [0.29, 0.717) is 6.61 Å². The summed E-state index contributed by atoms with van der Waals surface area (Å²) in [6.07, 6.45) is 2.01. The summed E-state index contributed by atoms with van der Waals surface area (Å²) in [7, 11) is 0. The van der Waals surface area contributed by atoms with E-state index in [-0.39, 0.29) is 0 Å². The van der Waals surface area contributed by atoms with E-state index in [1.807, 2.05) is 30.5 Å². The lowest BCUT2D eigenvalue weighted by molar-refractivity contribution is 0.305. The van der Waals surface area contributed by atoms with Gasteiger partial charge in [0.1, 0.15) is 12.4 Å². The van der Waals surface area contributed by atoms with Crippen LogP contribution in [0.5, 0.6) is 5.75 Å². The van der Waals surface area contributed by atoms with Crippen LogP contribution in [0.3, 0.4) is 0 Å². The second kappa shape index (κ2) is 5.10. The van der Waals surface area contributed by atoms with Crippen molar-refractivity contribution in [3.63, 3.8) is 0 Å². The number of hydrogen-bond acceptors (Lipinski definition) is 1. The van der Waals surface area contributed by atoms with Crippen LogP contribution in [0.15, 0.2) is 53.1 Å². The number of benzene rings is 2. The van der Waals surface area contributed by atoms with E-state index in [1.165, 1.54) is 16.5 Å². The molecule has 0 bridgehead atoms. The van der Waals surface area contributed by atoms with Crippen LogP contribution in [-0.2, 0) is 6.61 Å². The minimum atomic E-state index is 0.561. The maximum absolute atomic E-state index is 5.85. The lowest BCUT2D eigenvalue weighted by Gasteiger charge is -2.07. The van der Waals surface area contributed by atoms with Gasteiger partial charge in [0, 0.05) is 22.7 Å². The van der Waals surface area contributed by atoms with Gasteiger partial charge in [-0.1, -0.05) is 24.3 Å². The monoisotopic (exact) mass is 315 g/mol. The Morgan fingerprint density at radius 3 is 2.84 bits per heavy atom. The van der Waals surface area contributed by atoms with Crippen molar-refractivity contribution in [2.24, 2.45) is 0 Å².